The molecule has 1 aromatic rings. The lowest BCUT2D eigenvalue weighted by atomic mass is 10.5. The van der Waals surface area contributed by atoms with E-state index in [1.807, 2.05) is 0 Å². The molecule has 0 unspecified atom stereocenters. The third-order valence-corrected chi connectivity index (χ3v) is 1.53. The Balaban J connectivity index is 3.06. The van der Waals surface area contributed by atoms with E-state index in [1.54, 1.807) is 14.1 Å². The second kappa shape index (κ2) is 4.20. The molecule has 1 rings (SSSR count). The summed E-state index contributed by atoms with van der Waals surface area (Å²) in [5, 5.41) is 2.33. The highest BCUT2D eigenvalue weighted by Crippen LogP contribution is 2.19. The molecule has 72 valence electrons. The van der Waals surface area contributed by atoms with Crippen molar-refractivity contribution in [1.82, 2.24) is 15.4 Å². The molecule has 13 heavy (non-hydrogen) atoms. The van der Waals surface area contributed by atoms with E-state index in [2.05, 4.69) is 26.1 Å². The van der Waals surface area contributed by atoms with Crippen LogP contribution in [0.2, 0.25) is 5.15 Å². The van der Waals surface area contributed by atoms with Gasteiger partial charge in [-0.1, -0.05) is 11.6 Å². The van der Waals surface area contributed by atoms with Crippen LogP contribution in [0, 0.1) is 5.82 Å². The zero-order valence-electron chi connectivity index (χ0n) is 7.15. The minimum atomic E-state index is -0.661. The maximum absolute atomic E-state index is 13.1. The van der Waals surface area contributed by atoms with E-state index in [9.17, 15) is 4.39 Å². The summed E-state index contributed by atoms with van der Waals surface area (Å²) in [6.07, 6.45) is 0. The highest BCUT2D eigenvalue weighted by molar-refractivity contribution is 6.29. The molecule has 0 spiro atoms. The van der Waals surface area contributed by atoms with Crippen molar-refractivity contribution in [3.8, 4) is 0 Å². The van der Waals surface area contributed by atoms with Gasteiger partial charge in [0.25, 0.3) is 0 Å². The molecule has 0 saturated heterocycles. The van der Waals surface area contributed by atoms with Gasteiger partial charge < -0.3 is 5.32 Å². The molecular weight excluding hydrogens is 197 g/mol. The zero-order valence-corrected chi connectivity index (χ0v) is 7.91. The molecule has 0 radical (unpaired) electrons. The third kappa shape index (κ3) is 2.16. The van der Waals surface area contributed by atoms with Crippen molar-refractivity contribution in [2.45, 2.75) is 0 Å². The summed E-state index contributed by atoms with van der Waals surface area (Å²) in [6.45, 7) is 0. The lowest BCUT2D eigenvalue weighted by Crippen LogP contribution is -2.18. The fourth-order valence-corrected chi connectivity index (χ4v) is 0.923. The highest BCUT2D eigenvalue weighted by atomic mass is 35.5. The quantitative estimate of drug-likeness (QED) is 0.505. The van der Waals surface area contributed by atoms with Gasteiger partial charge in [-0.15, -0.1) is 0 Å². The van der Waals surface area contributed by atoms with Crippen molar-refractivity contribution < 1.29 is 4.39 Å². The van der Waals surface area contributed by atoms with Crippen LogP contribution in [0.4, 0.5) is 16.2 Å². The summed E-state index contributed by atoms with van der Waals surface area (Å²) in [5.41, 5.74) is 5.19. The fraction of sp³-hybridized carbons (Fsp3) is 0.333. The molecule has 0 aliphatic rings. The second-order valence-electron chi connectivity index (χ2n) is 2.13. The third-order valence-electron chi connectivity index (χ3n) is 1.28. The van der Waals surface area contributed by atoms with Gasteiger partial charge >= 0.3 is 0 Å². The molecule has 5 nitrogen and oxygen atoms in total. The highest BCUT2D eigenvalue weighted by Gasteiger charge is 2.10. The van der Waals surface area contributed by atoms with Crippen molar-refractivity contribution >= 4 is 23.4 Å². The number of hydrogen-bond donors (Lipinski definition) is 3. The Bertz CT molecular complexity index is 305. The molecule has 0 amide bonds. The predicted molar refractivity (Wildman–Crippen MR) is 49.2 cm³/mol. The minimum absolute atomic E-state index is 0.0535. The number of anilines is 2. The summed E-state index contributed by atoms with van der Waals surface area (Å²) in [7, 11) is 3.19. The molecule has 0 atom stereocenters. The second-order valence-corrected chi connectivity index (χ2v) is 2.48. The number of aromatic nitrogens is 2. The number of hydrazine groups is 1. The Labute approximate surface area is 79.7 Å². The maximum atomic E-state index is 13.1. The zero-order chi connectivity index (χ0) is 9.84. The Morgan fingerprint density at radius 1 is 1.31 bits per heavy atom. The number of halogens is 2. The van der Waals surface area contributed by atoms with Gasteiger partial charge in [0, 0.05) is 14.1 Å². The summed E-state index contributed by atoms with van der Waals surface area (Å²) >= 11 is 5.50. The lowest BCUT2D eigenvalue weighted by Gasteiger charge is -2.06. The first-order valence-electron chi connectivity index (χ1n) is 3.52. The van der Waals surface area contributed by atoms with Crippen molar-refractivity contribution in [3.63, 3.8) is 0 Å². The normalized spacial score (nSPS) is 9.85. The molecule has 0 bridgehead atoms. The lowest BCUT2D eigenvalue weighted by molar-refractivity contribution is 0.619. The summed E-state index contributed by atoms with van der Waals surface area (Å²) in [6, 6.07) is 0. The van der Waals surface area contributed by atoms with Gasteiger partial charge in [-0.05, 0) is 0 Å². The average Bonchev–Trinajstić information content (AvgIpc) is 2.11. The van der Waals surface area contributed by atoms with Crippen LogP contribution in [0.1, 0.15) is 0 Å². The molecule has 0 saturated carbocycles. The molecule has 3 N–H and O–H groups in total. The van der Waals surface area contributed by atoms with E-state index < -0.39 is 5.82 Å². The van der Waals surface area contributed by atoms with Crippen LogP contribution in [0.25, 0.3) is 0 Å². The monoisotopic (exact) mass is 205 g/mol. The summed E-state index contributed by atoms with van der Waals surface area (Å²) in [5.74, 6) is -0.401. The Kier molecular flexibility index (Phi) is 3.21. The molecule has 1 aromatic heterocycles. The largest absolute Gasteiger partial charge is 0.370 e. The first kappa shape index (κ1) is 9.94. The van der Waals surface area contributed by atoms with Crippen LogP contribution in [-0.2, 0) is 0 Å². The first-order valence-corrected chi connectivity index (χ1v) is 3.90. The van der Waals surface area contributed by atoms with Gasteiger partial charge in [-0.25, -0.2) is 5.43 Å². The van der Waals surface area contributed by atoms with Gasteiger partial charge in [-0.2, -0.15) is 14.4 Å². The molecule has 0 aromatic carbocycles. The SMILES string of the molecule is CNNc1nc(Cl)c(F)c(NC)n1. The standard InChI is InChI=1S/C6H9ClFN5/c1-9-5-3(8)4(7)11-6(12-5)13-10-2/h10H,1-2H3,(H2,9,11,12,13). The van der Waals surface area contributed by atoms with E-state index in [0.717, 1.165) is 0 Å². The predicted octanol–water partition coefficient (Wildman–Crippen LogP) is 0.857. The smallest absolute Gasteiger partial charge is 0.240 e. The molecule has 0 aliphatic carbocycles. The van der Waals surface area contributed by atoms with Crippen LogP contribution < -0.4 is 16.2 Å². The number of rotatable bonds is 3. The summed E-state index contributed by atoms with van der Waals surface area (Å²) < 4.78 is 13.1. The van der Waals surface area contributed by atoms with E-state index in [1.165, 1.54) is 0 Å². The number of hydrogen-bond acceptors (Lipinski definition) is 5. The van der Waals surface area contributed by atoms with Gasteiger partial charge in [0.1, 0.15) is 0 Å². The van der Waals surface area contributed by atoms with Crippen molar-refractivity contribution in [2.75, 3.05) is 24.8 Å². The summed E-state index contributed by atoms with van der Waals surface area (Å²) in [4.78, 5) is 7.42. The minimum Gasteiger partial charge on any atom is -0.370 e. The van der Waals surface area contributed by atoms with E-state index in [-0.39, 0.29) is 16.9 Å². The van der Waals surface area contributed by atoms with Crippen molar-refractivity contribution in [1.29, 1.82) is 0 Å². The molecule has 0 fully saturated rings. The van der Waals surface area contributed by atoms with Crippen molar-refractivity contribution in [3.05, 3.63) is 11.0 Å². The molecular formula is C6H9ClFN5. The van der Waals surface area contributed by atoms with Gasteiger partial charge in [0.05, 0.1) is 0 Å². The van der Waals surface area contributed by atoms with Crippen LogP contribution in [0.5, 0.6) is 0 Å². The maximum Gasteiger partial charge on any atom is 0.240 e. The van der Waals surface area contributed by atoms with E-state index >= 15 is 0 Å². The molecule has 1 heterocycles. The Morgan fingerprint density at radius 3 is 2.54 bits per heavy atom. The Morgan fingerprint density at radius 2 is 2.00 bits per heavy atom. The topological polar surface area (TPSA) is 61.9 Å². The van der Waals surface area contributed by atoms with Crippen LogP contribution in [-0.4, -0.2) is 24.1 Å². The van der Waals surface area contributed by atoms with E-state index in [4.69, 9.17) is 11.6 Å². The molecule has 0 aliphatic heterocycles. The van der Waals surface area contributed by atoms with Gasteiger partial charge in [0.2, 0.25) is 11.8 Å². The first-order chi connectivity index (χ1) is 6.19. The van der Waals surface area contributed by atoms with Crippen LogP contribution >= 0.6 is 11.6 Å². The average molecular weight is 206 g/mol. The number of nitrogens with one attached hydrogen (secondary N) is 3. The molecule has 7 heteroatoms. The van der Waals surface area contributed by atoms with E-state index in [0.29, 0.717) is 0 Å². The van der Waals surface area contributed by atoms with Crippen molar-refractivity contribution in [2.24, 2.45) is 0 Å². The Hall–Kier alpha value is -1.14. The van der Waals surface area contributed by atoms with Gasteiger partial charge in [-0.3, -0.25) is 5.43 Å². The van der Waals surface area contributed by atoms with Crippen LogP contribution in [0.3, 0.4) is 0 Å². The number of nitrogens with zero attached hydrogens (tertiary/aromatic N) is 2. The van der Waals surface area contributed by atoms with Crippen LogP contribution in [0.15, 0.2) is 0 Å². The van der Waals surface area contributed by atoms with Gasteiger partial charge in [0.15, 0.2) is 11.0 Å². The fourth-order valence-electron chi connectivity index (χ4n) is 0.753.